The van der Waals surface area contributed by atoms with Crippen LogP contribution >= 0.6 is 11.8 Å². The monoisotopic (exact) mass is 423 g/mol. The van der Waals surface area contributed by atoms with E-state index in [-0.39, 0.29) is 11.2 Å². The number of hydrogen-bond donors (Lipinski definition) is 2. The first-order valence-electron chi connectivity index (χ1n) is 10.4. The SMILES string of the molecule is CC(Sc1nnc(N2CCCC2)n1C1CC1)c1nc(N)nc(Nc2ccccc2)n1. The lowest BCUT2D eigenvalue weighted by Gasteiger charge is -2.18. The van der Waals surface area contributed by atoms with Crippen molar-refractivity contribution in [2.24, 2.45) is 0 Å². The molecule has 3 heterocycles. The molecule has 1 aliphatic heterocycles. The van der Waals surface area contributed by atoms with Crippen molar-refractivity contribution < 1.29 is 0 Å². The van der Waals surface area contributed by atoms with Gasteiger partial charge < -0.3 is 16.0 Å². The molecule has 30 heavy (non-hydrogen) atoms. The average molecular weight is 424 g/mol. The van der Waals surface area contributed by atoms with Crippen molar-refractivity contribution in [1.82, 2.24) is 29.7 Å². The Balaban J connectivity index is 1.37. The Kier molecular flexibility index (Phi) is 5.16. The maximum Gasteiger partial charge on any atom is 0.232 e. The van der Waals surface area contributed by atoms with Crippen LogP contribution in [0, 0.1) is 0 Å². The van der Waals surface area contributed by atoms with Gasteiger partial charge >= 0.3 is 0 Å². The molecule has 156 valence electrons. The van der Waals surface area contributed by atoms with Gasteiger partial charge in [0.1, 0.15) is 5.82 Å². The molecule has 2 aliphatic rings. The Bertz CT molecular complexity index is 1010. The molecule has 2 fully saturated rings. The lowest BCUT2D eigenvalue weighted by atomic mass is 10.3. The minimum absolute atomic E-state index is 0.0419. The summed E-state index contributed by atoms with van der Waals surface area (Å²) in [6.45, 7) is 4.18. The van der Waals surface area contributed by atoms with E-state index in [4.69, 9.17) is 5.73 Å². The smallest absolute Gasteiger partial charge is 0.232 e. The summed E-state index contributed by atoms with van der Waals surface area (Å²) in [5.41, 5.74) is 6.87. The molecule has 10 heteroatoms. The molecule has 2 aromatic heterocycles. The second-order valence-electron chi connectivity index (χ2n) is 7.70. The summed E-state index contributed by atoms with van der Waals surface area (Å²) in [5.74, 6) is 2.27. The Morgan fingerprint density at radius 3 is 2.57 bits per heavy atom. The average Bonchev–Trinajstić information content (AvgIpc) is 3.26. The molecule has 1 aromatic carbocycles. The molecule has 9 nitrogen and oxygen atoms in total. The minimum atomic E-state index is -0.0419. The predicted molar refractivity (Wildman–Crippen MR) is 118 cm³/mol. The van der Waals surface area contributed by atoms with Crippen LogP contribution < -0.4 is 16.0 Å². The van der Waals surface area contributed by atoms with Crippen molar-refractivity contribution >= 4 is 35.3 Å². The van der Waals surface area contributed by atoms with E-state index < -0.39 is 0 Å². The zero-order chi connectivity index (χ0) is 20.5. The van der Waals surface area contributed by atoms with Crippen molar-refractivity contribution in [3.63, 3.8) is 0 Å². The van der Waals surface area contributed by atoms with E-state index >= 15 is 0 Å². The van der Waals surface area contributed by atoms with Gasteiger partial charge in [0.05, 0.1) is 5.25 Å². The molecule has 1 atom stereocenters. The highest BCUT2D eigenvalue weighted by Crippen LogP contribution is 2.43. The number of para-hydroxylation sites is 1. The molecule has 0 amide bonds. The third-order valence-electron chi connectivity index (χ3n) is 5.29. The van der Waals surface area contributed by atoms with Crippen LogP contribution in [-0.4, -0.2) is 42.8 Å². The number of anilines is 4. The van der Waals surface area contributed by atoms with Gasteiger partial charge in [-0.05, 0) is 44.7 Å². The number of nitrogens with one attached hydrogen (secondary N) is 1. The molecule has 0 spiro atoms. The summed E-state index contributed by atoms with van der Waals surface area (Å²) in [5, 5.41) is 13.1. The molecule has 0 radical (unpaired) electrons. The van der Waals surface area contributed by atoms with Crippen LogP contribution in [0.3, 0.4) is 0 Å². The Hall–Kier alpha value is -2.88. The fourth-order valence-corrected chi connectivity index (χ4v) is 4.60. The molecular formula is C20H25N9S. The number of nitrogens with two attached hydrogens (primary N) is 1. The van der Waals surface area contributed by atoms with Gasteiger partial charge in [-0.15, -0.1) is 10.2 Å². The number of nitrogens with zero attached hydrogens (tertiary/aromatic N) is 7. The number of nitrogen functional groups attached to an aromatic ring is 1. The van der Waals surface area contributed by atoms with Gasteiger partial charge in [-0.1, -0.05) is 30.0 Å². The van der Waals surface area contributed by atoms with Crippen LogP contribution in [0.2, 0.25) is 0 Å². The summed E-state index contributed by atoms with van der Waals surface area (Å²) in [4.78, 5) is 15.5. The first-order chi connectivity index (χ1) is 14.7. The van der Waals surface area contributed by atoms with Gasteiger partial charge in [0, 0.05) is 24.8 Å². The van der Waals surface area contributed by atoms with E-state index in [0.29, 0.717) is 17.8 Å². The molecule has 1 saturated heterocycles. The van der Waals surface area contributed by atoms with Crippen LogP contribution in [0.15, 0.2) is 35.5 Å². The number of hydrogen-bond acceptors (Lipinski definition) is 9. The summed E-state index contributed by atoms with van der Waals surface area (Å²) < 4.78 is 2.31. The van der Waals surface area contributed by atoms with Crippen molar-refractivity contribution in [2.45, 2.75) is 49.1 Å². The maximum atomic E-state index is 5.97. The summed E-state index contributed by atoms with van der Waals surface area (Å²) in [6.07, 6.45) is 4.81. The third kappa shape index (κ3) is 4.04. The largest absolute Gasteiger partial charge is 0.368 e. The van der Waals surface area contributed by atoms with E-state index in [1.807, 2.05) is 30.3 Å². The van der Waals surface area contributed by atoms with Crippen molar-refractivity contribution in [1.29, 1.82) is 0 Å². The number of benzene rings is 1. The molecule has 1 unspecified atom stereocenters. The maximum absolute atomic E-state index is 5.97. The molecule has 0 bridgehead atoms. The normalized spacial score (nSPS) is 17.3. The van der Waals surface area contributed by atoms with Gasteiger partial charge in [0.15, 0.2) is 5.16 Å². The van der Waals surface area contributed by atoms with Crippen molar-refractivity contribution in [2.75, 3.05) is 29.0 Å². The van der Waals surface area contributed by atoms with Crippen LogP contribution in [0.1, 0.15) is 49.7 Å². The van der Waals surface area contributed by atoms with Crippen LogP contribution in [0.5, 0.6) is 0 Å². The second kappa shape index (κ2) is 8.10. The Morgan fingerprint density at radius 1 is 1.07 bits per heavy atom. The fourth-order valence-electron chi connectivity index (χ4n) is 3.64. The second-order valence-corrected chi connectivity index (χ2v) is 9.01. The standard InChI is InChI=1S/C20H25N9S/c1-13(16-23-17(21)25-18(24-16)22-14-7-3-2-4-8-14)30-20-27-26-19(28-11-5-6-12-28)29(20)15-9-10-15/h2-4,7-8,13,15H,5-6,9-12H2,1H3,(H3,21,22,23,24,25). The lowest BCUT2D eigenvalue weighted by molar-refractivity contribution is 0.650. The van der Waals surface area contributed by atoms with E-state index in [9.17, 15) is 0 Å². The highest BCUT2D eigenvalue weighted by molar-refractivity contribution is 7.99. The first kappa shape index (κ1) is 19.1. The van der Waals surface area contributed by atoms with Crippen molar-refractivity contribution in [3.05, 3.63) is 36.2 Å². The molecule has 1 saturated carbocycles. The highest BCUT2D eigenvalue weighted by Gasteiger charge is 2.33. The topological polar surface area (TPSA) is 111 Å². The number of thioether (sulfide) groups is 1. The lowest BCUT2D eigenvalue weighted by Crippen LogP contribution is -2.22. The Morgan fingerprint density at radius 2 is 1.83 bits per heavy atom. The van der Waals surface area contributed by atoms with E-state index in [1.165, 1.54) is 25.7 Å². The van der Waals surface area contributed by atoms with Gasteiger partial charge in [-0.3, -0.25) is 4.57 Å². The zero-order valence-electron chi connectivity index (χ0n) is 16.9. The van der Waals surface area contributed by atoms with Gasteiger partial charge in [0.25, 0.3) is 0 Å². The van der Waals surface area contributed by atoms with Crippen LogP contribution in [0.4, 0.5) is 23.5 Å². The molecule has 3 N–H and O–H groups in total. The predicted octanol–water partition coefficient (Wildman–Crippen LogP) is 3.58. The number of aromatic nitrogens is 6. The summed E-state index contributed by atoms with van der Waals surface area (Å²) in [7, 11) is 0. The number of rotatable bonds is 7. The Labute approximate surface area is 179 Å². The molecule has 1 aliphatic carbocycles. The van der Waals surface area contributed by atoms with Crippen LogP contribution in [-0.2, 0) is 0 Å². The molecular weight excluding hydrogens is 398 g/mol. The van der Waals surface area contributed by atoms with E-state index in [2.05, 4.69) is 46.9 Å². The third-order valence-corrected chi connectivity index (χ3v) is 6.35. The zero-order valence-corrected chi connectivity index (χ0v) is 17.7. The molecule has 3 aromatic rings. The van der Waals surface area contributed by atoms with Gasteiger partial charge in [-0.25, -0.2) is 0 Å². The molecule has 5 rings (SSSR count). The fraction of sp³-hybridized carbons (Fsp3) is 0.450. The highest BCUT2D eigenvalue weighted by atomic mass is 32.2. The van der Waals surface area contributed by atoms with Gasteiger partial charge in [0.2, 0.25) is 17.8 Å². The van der Waals surface area contributed by atoms with E-state index in [0.717, 1.165) is 29.9 Å². The van der Waals surface area contributed by atoms with E-state index in [1.54, 1.807) is 11.8 Å². The van der Waals surface area contributed by atoms with Gasteiger partial charge in [-0.2, -0.15) is 15.0 Å². The van der Waals surface area contributed by atoms with Crippen molar-refractivity contribution in [3.8, 4) is 0 Å². The summed E-state index contributed by atoms with van der Waals surface area (Å²) in [6, 6.07) is 10.3. The summed E-state index contributed by atoms with van der Waals surface area (Å²) >= 11 is 1.62. The van der Waals surface area contributed by atoms with Crippen LogP contribution in [0.25, 0.3) is 0 Å². The quantitative estimate of drug-likeness (QED) is 0.551. The minimum Gasteiger partial charge on any atom is -0.368 e. The first-order valence-corrected chi connectivity index (χ1v) is 11.3.